The molecule has 0 saturated carbocycles. The Labute approximate surface area is 142 Å². The highest BCUT2D eigenvalue weighted by molar-refractivity contribution is 7.89. The lowest BCUT2D eigenvalue weighted by Gasteiger charge is -2.31. The van der Waals surface area contributed by atoms with Gasteiger partial charge in [-0.3, -0.25) is 0 Å². The number of anilines is 1. The molecule has 1 aliphatic rings. The quantitative estimate of drug-likeness (QED) is 0.863. The highest BCUT2D eigenvalue weighted by Crippen LogP contribution is 2.30. The van der Waals surface area contributed by atoms with Crippen LogP contribution in [0.2, 0.25) is 0 Å². The van der Waals surface area contributed by atoms with E-state index in [4.69, 9.17) is 9.47 Å². The zero-order valence-electron chi connectivity index (χ0n) is 13.4. The van der Waals surface area contributed by atoms with Crippen LogP contribution < -0.4 is 19.1 Å². The Hall–Kier alpha value is -2.25. The number of fused-ring (bicyclic) bond motifs is 1. The summed E-state index contributed by atoms with van der Waals surface area (Å²) in [7, 11) is -1.98. The fraction of sp³-hybridized carbons (Fsp3) is 0.294. The minimum Gasteiger partial charge on any atom is -0.497 e. The van der Waals surface area contributed by atoms with Crippen LogP contribution in [0.4, 0.5) is 5.69 Å². The van der Waals surface area contributed by atoms with Gasteiger partial charge in [-0.15, -0.1) is 0 Å². The van der Waals surface area contributed by atoms with Crippen LogP contribution >= 0.6 is 0 Å². The Morgan fingerprint density at radius 1 is 1.17 bits per heavy atom. The standard InChI is InChI=1S/C17H20N2O4S/c1-22-14-6-8-15(9-7-14)24(20,21)18-10-11-19-12-13-23-17-5-3-2-4-16(17)19/h2-9,18H,10-13H2,1H3. The molecule has 7 heteroatoms. The molecule has 1 N–H and O–H groups in total. The molecule has 0 radical (unpaired) electrons. The van der Waals surface area contributed by atoms with Crippen LogP contribution in [0.1, 0.15) is 0 Å². The summed E-state index contributed by atoms with van der Waals surface area (Å²) in [6, 6.07) is 14.1. The van der Waals surface area contributed by atoms with Gasteiger partial charge in [0.25, 0.3) is 0 Å². The lowest BCUT2D eigenvalue weighted by Crippen LogP contribution is -2.39. The molecule has 24 heavy (non-hydrogen) atoms. The lowest BCUT2D eigenvalue weighted by molar-refractivity contribution is 0.308. The molecule has 0 spiro atoms. The number of rotatable bonds is 6. The van der Waals surface area contributed by atoms with Crippen molar-refractivity contribution in [2.24, 2.45) is 0 Å². The van der Waals surface area contributed by atoms with E-state index in [1.807, 2.05) is 24.3 Å². The van der Waals surface area contributed by atoms with Gasteiger partial charge in [0, 0.05) is 13.1 Å². The molecule has 2 aromatic carbocycles. The summed E-state index contributed by atoms with van der Waals surface area (Å²) in [6.45, 7) is 2.24. The average Bonchev–Trinajstić information content (AvgIpc) is 2.62. The van der Waals surface area contributed by atoms with Gasteiger partial charge in [0.1, 0.15) is 18.1 Å². The monoisotopic (exact) mass is 348 g/mol. The third-order valence-electron chi connectivity index (χ3n) is 3.87. The fourth-order valence-corrected chi connectivity index (χ4v) is 3.63. The first-order chi connectivity index (χ1) is 11.6. The van der Waals surface area contributed by atoms with E-state index in [-0.39, 0.29) is 4.90 Å². The van der Waals surface area contributed by atoms with E-state index in [1.54, 1.807) is 19.2 Å². The van der Waals surface area contributed by atoms with Crippen molar-refractivity contribution in [2.45, 2.75) is 4.90 Å². The van der Waals surface area contributed by atoms with Gasteiger partial charge < -0.3 is 14.4 Å². The Kier molecular flexibility index (Phi) is 4.92. The highest BCUT2D eigenvalue weighted by Gasteiger charge is 2.18. The SMILES string of the molecule is COc1ccc(S(=O)(=O)NCCN2CCOc3ccccc32)cc1. The molecule has 2 aromatic rings. The summed E-state index contributed by atoms with van der Waals surface area (Å²) in [5, 5.41) is 0. The maximum Gasteiger partial charge on any atom is 0.240 e. The fourth-order valence-electron chi connectivity index (χ4n) is 2.61. The number of nitrogens with zero attached hydrogens (tertiary/aromatic N) is 1. The van der Waals surface area contributed by atoms with Crippen molar-refractivity contribution in [1.29, 1.82) is 0 Å². The molecule has 0 fully saturated rings. The van der Waals surface area contributed by atoms with Gasteiger partial charge in [-0.05, 0) is 36.4 Å². The molecule has 0 saturated heterocycles. The van der Waals surface area contributed by atoms with Crippen LogP contribution in [0.15, 0.2) is 53.4 Å². The average molecular weight is 348 g/mol. The normalized spacial score (nSPS) is 14.0. The number of benzene rings is 2. The van der Waals surface area contributed by atoms with Crippen molar-refractivity contribution in [3.05, 3.63) is 48.5 Å². The number of ether oxygens (including phenoxy) is 2. The minimum atomic E-state index is -3.53. The molecule has 0 atom stereocenters. The van der Waals surface area contributed by atoms with E-state index in [0.717, 1.165) is 18.0 Å². The van der Waals surface area contributed by atoms with E-state index in [9.17, 15) is 8.42 Å². The first-order valence-electron chi connectivity index (χ1n) is 7.71. The van der Waals surface area contributed by atoms with Crippen LogP contribution in [-0.4, -0.2) is 41.8 Å². The van der Waals surface area contributed by atoms with Crippen LogP contribution in [0.25, 0.3) is 0 Å². The van der Waals surface area contributed by atoms with Crippen molar-refractivity contribution in [1.82, 2.24) is 4.72 Å². The zero-order valence-corrected chi connectivity index (χ0v) is 14.3. The smallest absolute Gasteiger partial charge is 0.240 e. The largest absolute Gasteiger partial charge is 0.497 e. The van der Waals surface area contributed by atoms with E-state index < -0.39 is 10.0 Å². The predicted molar refractivity (Wildman–Crippen MR) is 92.3 cm³/mol. The molecule has 0 aromatic heterocycles. The van der Waals surface area contributed by atoms with Gasteiger partial charge in [-0.1, -0.05) is 12.1 Å². The molecule has 3 rings (SSSR count). The van der Waals surface area contributed by atoms with Gasteiger partial charge in [0.2, 0.25) is 10.0 Å². The number of methoxy groups -OCH3 is 1. The Morgan fingerprint density at radius 2 is 1.92 bits per heavy atom. The summed E-state index contributed by atoms with van der Waals surface area (Å²) in [5.41, 5.74) is 0.993. The second kappa shape index (κ2) is 7.11. The second-order valence-corrected chi connectivity index (χ2v) is 7.14. The van der Waals surface area contributed by atoms with E-state index in [1.165, 1.54) is 12.1 Å². The van der Waals surface area contributed by atoms with Gasteiger partial charge in [0.05, 0.1) is 24.2 Å². The molecule has 0 amide bonds. The molecule has 0 bridgehead atoms. The van der Waals surface area contributed by atoms with Gasteiger partial charge >= 0.3 is 0 Å². The van der Waals surface area contributed by atoms with Crippen LogP contribution in [0.3, 0.4) is 0 Å². The van der Waals surface area contributed by atoms with Crippen molar-refractivity contribution < 1.29 is 17.9 Å². The summed E-state index contributed by atoms with van der Waals surface area (Å²) < 4.78 is 37.9. The molecule has 6 nitrogen and oxygen atoms in total. The molecular formula is C17H20N2O4S. The highest BCUT2D eigenvalue weighted by atomic mass is 32.2. The molecule has 1 heterocycles. The van der Waals surface area contributed by atoms with Crippen LogP contribution in [0.5, 0.6) is 11.5 Å². The van der Waals surface area contributed by atoms with Crippen molar-refractivity contribution >= 4 is 15.7 Å². The molecule has 1 aliphatic heterocycles. The number of hydrogen-bond donors (Lipinski definition) is 1. The Bertz CT molecular complexity index is 790. The number of nitrogens with one attached hydrogen (secondary N) is 1. The second-order valence-electron chi connectivity index (χ2n) is 5.38. The summed E-state index contributed by atoms with van der Waals surface area (Å²) in [4.78, 5) is 2.35. The van der Waals surface area contributed by atoms with E-state index in [0.29, 0.717) is 25.4 Å². The van der Waals surface area contributed by atoms with Gasteiger partial charge in [-0.25, -0.2) is 13.1 Å². The molecular weight excluding hydrogens is 328 g/mol. The first kappa shape index (κ1) is 16.6. The van der Waals surface area contributed by atoms with Crippen molar-refractivity contribution in [3.8, 4) is 11.5 Å². The van der Waals surface area contributed by atoms with Crippen molar-refractivity contribution in [2.75, 3.05) is 38.3 Å². The Balaban J connectivity index is 1.62. The molecule has 0 unspecified atom stereocenters. The molecule has 128 valence electrons. The summed E-state index contributed by atoms with van der Waals surface area (Å²) in [5.74, 6) is 1.46. The lowest BCUT2D eigenvalue weighted by atomic mass is 10.2. The number of para-hydroxylation sites is 2. The third-order valence-corrected chi connectivity index (χ3v) is 5.35. The molecule has 0 aliphatic carbocycles. The topological polar surface area (TPSA) is 67.9 Å². The van der Waals surface area contributed by atoms with Crippen LogP contribution in [-0.2, 0) is 10.0 Å². The van der Waals surface area contributed by atoms with Gasteiger partial charge in [-0.2, -0.15) is 0 Å². The summed E-state index contributed by atoms with van der Waals surface area (Å²) in [6.07, 6.45) is 0. The number of sulfonamides is 1. The van der Waals surface area contributed by atoms with E-state index in [2.05, 4.69) is 9.62 Å². The summed E-state index contributed by atoms with van der Waals surface area (Å²) >= 11 is 0. The van der Waals surface area contributed by atoms with Gasteiger partial charge in [0.15, 0.2) is 0 Å². The Morgan fingerprint density at radius 3 is 2.67 bits per heavy atom. The van der Waals surface area contributed by atoms with Crippen molar-refractivity contribution in [3.63, 3.8) is 0 Å². The zero-order chi connectivity index (χ0) is 17.0. The maximum absolute atomic E-state index is 12.3. The maximum atomic E-state index is 12.3. The number of hydrogen-bond acceptors (Lipinski definition) is 5. The van der Waals surface area contributed by atoms with E-state index >= 15 is 0 Å². The van der Waals surface area contributed by atoms with Crippen LogP contribution in [0, 0.1) is 0 Å². The third kappa shape index (κ3) is 3.63. The predicted octanol–water partition coefficient (Wildman–Crippen LogP) is 1.87. The minimum absolute atomic E-state index is 0.227. The first-order valence-corrected chi connectivity index (χ1v) is 9.19.